The van der Waals surface area contributed by atoms with Crippen LogP contribution in [-0.4, -0.2) is 217 Å². The molecule has 0 aliphatic heterocycles. The van der Waals surface area contributed by atoms with Gasteiger partial charge in [-0.3, -0.25) is 71.9 Å². The lowest BCUT2D eigenvalue weighted by atomic mass is 9.97. The normalized spacial score (nSPS) is 15.2. The predicted octanol–water partition coefficient (Wildman–Crippen LogP) is 0.149. The monoisotopic (exact) mass is 1740 g/mol. The van der Waals surface area contributed by atoms with Crippen molar-refractivity contribution in [3.8, 4) is 0 Å². The molecule has 2 aromatic rings. The molecule has 1 heterocycles. The Hall–Kier alpha value is -9.43. The van der Waals surface area contributed by atoms with Gasteiger partial charge < -0.3 is 120 Å². The van der Waals surface area contributed by atoms with Crippen molar-refractivity contribution in [2.75, 3.05) is 39.3 Å². The summed E-state index contributed by atoms with van der Waals surface area (Å²) in [6, 6.07) is -9.48. The number of benzene rings is 1. The Morgan fingerprint density at radius 1 is 0.341 bits per heavy atom. The van der Waals surface area contributed by atoms with Crippen molar-refractivity contribution in [2.45, 2.75) is 323 Å². The molecule has 698 valence electrons. The van der Waals surface area contributed by atoms with E-state index in [4.69, 9.17) is 40.1 Å². The minimum Gasteiger partial charge on any atom is -0.368 e. The zero-order chi connectivity index (χ0) is 92.8. The topological polar surface area (TPSA) is 622 Å². The highest BCUT2D eigenvalue weighted by atomic mass is 16.2. The van der Waals surface area contributed by atoms with E-state index in [1.54, 1.807) is 47.7 Å². The molecule has 15 amide bonds. The first-order chi connectivity index (χ1) is 58.1. The van der Waals surface area contributed by atoms with Crippen molar-refractivity contribution in [2.24, 2.45) is 81.6 Å². The summed E-state index contributed by atoms with van der Waals surface area (Å²) in [6.45, 7) is 27.0. The van der Waals surface area contributed by atoms with Gasteiger partial charge in [0.15, 0.2) is 0 Å². The summed E-state index contributed by atoms with van der Waals surface area (Å²) >= 11 is 0. The van der Waals surface area contributed by atoms with Crippen LogP contribution in [0.5, 0.6) is 0 Å². The van der Waals surface area contributed by atoms with Crippen molar-refractivity contribution < 1.29 is 71.9 Å². The number of hydrogen-bond donors (Lipinski definition) is 22. The number of aromatic amines is 1. The van der Waals surface area contributed by atoms with Gasteiger partial charge in [-0.2, -0.15) is 0 Å². The van der Waals surface area contributed by atoms with Crippen molar-refractivity contribution in [1.82, 2.24) is 79.4 Å². The number of aromatic nitrogens is 1. The summed E-state index contributed by atoms with van der Waals surface area (Å²) in [6.07, 6.45) is 7.78. The van der Waals surface area contributed by atoms with Gasteiger partial charge in [0.2, 0.25) is 88.6 Å². The van der Waals surface area contributed by atoms with E-state index in [1.165, 1.54) is 6.92 Å². The van der Waals surface area contributed by atoms with E-state index < -0.39 is 197 Å². The van der Waals surface area contributed by atoms with Crippen LogP contribution in [0.3, 0.4) is 0 Å². The van der Waals surface area contributed by atoms with Crippen LogP contribution in [0.25, 0.3) is 10.9 Å². The Kier molecular flexibility index (Phi) is 52.3. The number of unbranched alkanes of at least 4 members (excludes halogenated alkanes) is 5. The number of nitrogens with one attached hydrogen (secondary N) is 15. The number of nitrogens with two attached hydrogens (primary N) is 7. The minimum absolute atomic E-state index is 0.00678. The van der Waals surface area contributed by atoms with Crippen LogP contribution in [0.4, 0.5) is 0 Å². The lowest BCUT2D eigenvalue weighted by Crippen LogP contribution is -2.61. The minimum atomic E-state index is -1.31. The summed E-state index contributed by atoms with van der Waals surface area (Å²) in [5, 5.41) is 39.2. The van der Waals surface area contributed by atoms with E-state index in [9.17, 15) is 71.9 Å². The largest absolute Gasteiger partial charge is 0.368 e. The molecule has 0 spiro atoms. The third kappa shape index (κ3) is 41.3. The van der Waals surface area contributed by atoms with E-state index in [0.717, 1.165) is 16.5 Å². The summed E-state index contributed by atoms with van der Waals surface area (Å²) in [7, 11) is 0. The maximum atomic E-state index is 14.8. The number of amides is 15. The van der Waals surface area contributed by atoms with Crippen LogP contribution in [-0.2, 0) is 78.3 Å². The third-order valence-electron chi connectivity index (χ3n) is 21.2. The molecule has 37 heteroatoms. The van der Waals surface area contributed by atoms with E-state index in [0.29, 0.717) is 90.1 Å². The summed E-state index contributed by atoms with van der Waals surface area (Å²) < 4.78 is 0. The molecular formula is C86H154N22O15. The summed E-state index contributed by atoms with van der Waals surface area (Å²) in [4.78, 5) is 215. The van der Waals surface area contributed by atoms with Gasteiger partial charge in [-0.1, -0.05) is 128 Å². The average Bonchev–Trinajstić information content (AvgIpc) is 1.71. The number of primary amides is 1. The molecule has 123 heavy (non-hydrogen) atoms. The van der Waals surface area contributed by atoms with Gasteiger partial charge in [0.05, 0.1) is 12.6 Å². The van der Waals surface area contributed by atoms with Crippen LogP contribution >= 0.6 is 0 Å². The maximum absolute atomic E-state index is 14.8. The number of H-pyrrole nitrogens is 1. The Labute approximate surface area is 727 Å². The second-order valence-corrected chi connectivity index (χ2v) is 34.9. The molecule has 1 aromatic carbocycles. The van der Waals surface area contributed by atoms with Gasteiger partial charge in [-0.15, -0.1) is 0 Å². The van der Waals surface area contributed by atoms with Gasteiger partial charge >= 0.3 is 0 Å². The van der Waals surface area contributed by atoms with Crippen LogP contribution in [0.1, 0.15) is 238 Å². The molecule has 29 N–H and O–H groups in total. The highest BCUT2D eigenvalue weighted by Gasteiger charge is 2.39. The molecular weight excluding hydrogens is 1580 g/mol. The van der Waals surface area contributed by atoms with E-state index in [1.807, 2.05) is 79.7 Å². The number of hydrogen-bond acceptors (Lipinski definition) is 21. The van der Waals surface area contributed by atoms with Crippen LogP contribution in [0.15, 0.2) is 30.5 Å². The van der Waals surface area contributed by atoms with Crippen molar-refractivity contribution >= 4 is 99.5 Å². The van der Waals surface area contributed by atoms with Gasteiger partial charge in [-0.05, 0) is 208 Å². The van der Waals surface area contributed by atoms with E-state index in [2.05, 4.69) is 79.4 Å². The second kappa shape index (κ2) is 58.6. The molecule has 0 fully saturated rings. The first-order valence-corrected chi connectivity index (χ1v) is 44.4. The van der Waals surface area contributed by atoms with Crippen molar-refractivity contribution in [1.29, 1.82) is 0 Å². The van der Waals surface area contributed by atoms with Gasteiger partial charge in [0.1, 0.15) is 78.5 Å². The van der Waals surface area contributed by atoms with Crippen LogP contribution < -0.4 is 115 Å². The highest BCUT2D eigenvalue weighted by Crippen LogP contribution is 2.22. The molecule has 0 aliphatic rings. The Morgan fingerprint density at radius 3 is 1.03 bits per heavy atom. The lowest BCUT2D eigenvalue weighted by molar-refractivity contribution is -0.136. The fourth-order valence-corrected chi connectivity index (χ4v) is 13.9. The zero-order valence-electron chi connectivity index (χ0n) is 75.8. The molecule has 2 rings (SSSR count). The number of para-hydroxylation sites is 1. The van der Waals surface area contributed by atoms with Crippen molar-refractivity contribution in [3.05, 3.63) is 36.0 Å². The van der Waals surface area contributed by atoms with Crippen molar-refractivity contribution in [3.63, 3.8) is 0 Å². The van der Waals surface area contributed by atoms with Crippen LogP contribution in [0, 0.1) is 41.4 Å². The average molecular weight is 1740 g/mol. The molecule has 15 atom stereocenters. The molecule has 1 aromatic heterocycles. The predicted molar refractivity (Wildman–Crippen MR) is 474 cm³/mol. The van der Waals surface area contributed by atoms with Gasteiger partial charge in [0.25, 0.3) is 0 Å². The fourth-order valence-electron chi connectivity index (χ4n) is 13.9. The molecule has 0 unspecified atom stereocenters. The molecule has 0 aliphatic carbocycles. The quantitative estimate of drug-likeness (QED) is 0.0392. The number of carbonyl (C=O) groups excluding carboxylic acids is 15. The SMILES string of the molecule is CC[C@H](C)[C@H](NC(=O)[C@H](CCCCN)NC(=O)[C@H](CCCCN)NC(=O)[C@H](CC(C)C)NC(=O)[C@H](CC(C)C)NC(=O)[C@H](CCCCN)NC(=O)[C@H](Cc1c[nH]c2ccccc12)NC(=O)[C@@H](N)CCCCN)C(=O)NCC(=O)N[C@@H](C)C(=O)N[C@H](C(=O)N[C@@H](CC(C)C)C(=O)N[C@@H](CCCCN)C(=O)N[C@H](C(=O)N[C@@H](CC(C)C)C(N)=O)C(C)C)C(C)C. The molecule has 0 saturated carbocycles. The maximum Gasteiger partial charge on any atom is 0.243 e. The smallest absolute Gasteiger partial charge is 0.243 e. The van der Waals surface area contributed by atoms with E-state index in [-0.39, 0.29) is 101 Å². The fraction of sp³-hybridized carbons (Fsp3) is 0.733. The van der Waals surface area contributed by atoms with E-state index >= 15 is 0 Å². The van der Waals surface area contributed by atoms with Gasteiger partial charge in [0, 0.05) is 23.5 Å². The second-order valence-electron chi connectivity index (χ2n) is 34.9. The molecule has 0 bridgehead atoms. The summed E-state index contributed by atoms with van der Waals surface area (Å²) in [5.74, 6) is -13.2. The van der Waals surface area contributed by atoms with Gasteiger partial charge in [-0.25, -0.2) is 0 Å². The lowest BCUT2D eigenvalue weighted by Gasteiger charge is -2.29. The highest BCUT2D eigenvalue weighted by molar-refractivity contribution is 6.00. The number of fused-ring (bicyclic) bond motifs is 1. The summed E-state index contributed by atoms with van der Waals surface area (Å²) in [5.41, 5.74) is 42.6. The zero-order valence-corrected chi connectivity index (χ0v) is 75.8. The first-order valence-electron chi connectivity index (χ1n) is 44.4. The first kappa shape index (κ1) is 110. The Bertz CT molecular complexity index is 3650. The van der Waals surface area contributed by atoms with Crippen LogP contribution in [0.2, 0.25) is 0 Å². The third-order valence-corrected chi connectivity index (χ3v) is 21.2. The standard InChI is InChI=1S/C86H154N22O15/c1-16-54(14)72(84(121)95-47-69(109)96-55(15)74(111)106-70(52(10)11)86(123)105-67(44-51(8)9)81(118)100-62(34-22-27-39-90)78(115)107-71(53(12)13)85(122)101-64(73(93)110)41-48(2)3)108-79(116)63(35-23-28-40-91)97-76(113)60(32-20-25-37-88)98-80(117)65(42-49(4)5)104-82(119)66(43-50(6)7)103-77(114)61(33-21-26-38-89)99-83(120)68(102-75(112)58(92)30-19-24-36-87)45-56-46-94-59-31-18-17-29-57(56)59/h17-18,29,31,46,48-55,58,60-68,70-72,94H,16,19-28,30,32-45,47,87-92H2,1-15H3,(H2,93,110)(H,95,121)(H,96,109)(H,97,113)(H,98,117)(H,99,120)(H,100,118)(H,101,122)(H,102,112)(H,103,114)(H,104,119)(H,105,123)(H,106,111)(H,107,115)(H,108,116)/t54-,55-,58-,60-,61-,62-,63-,64-,65-,66-,67-,68-,70-,71-,72-/m0/s1. The molecule has 37 nitrogen and oxygen atoms in total. The Morgan fingerprint density at radius 2 is 0.659 bits per heavy atom. The number of rotatable bonds is 63. The molecule has 0 radical (unpaired) electrons. The Balaban J connectivity index is 2.39. The number of carbonyl (C=O) groups is 15. The molecule has 0 saturated heterocycles.